The number of aliphatic hydroxyl groups excluding tert-OH is 1. The largest absolute Gasteiger partial charge is 0.475 e. The van der Waals surface area contributed by atoms with Crippen molar-refractivity contribution in [3.05, 3.63) is 59.0 Å². The Balaban J connectivity index is 2.17. The number of hydrogen-bond donors (Lipinski definition) is 2. The average molecular weight is 262 g/mol. The van der Waals surface area contributed by atoms with Gasteiger partial charge in [-0.1, -0.05) is 24.3 Å². The number of benzene rings is 1. The topological polar surface area (TPSA) is 79.9 Å². The average Bonchev–Trinajstić information content (AvgIpc) is 2.89. The van der Waals surface area contributed by atoms with Crippen LogP contribution in [0.25, 0.3) is 0 Å². The first kappa shape index (κ1) is 13.3. The third kappa shape index (κ3) is 3.01. The van der Waals surface area contributed by atoms with Crippen LogP contribution in [-0.2, 0) is 11.3 Å². The van der Waals surface area contributed by atoms with Gasteiger partial charge >= 0.3 is 5.97 Å². The number of methoxy groups -OCH3 is 1. The molecule has 2 rings (SSSR count). The zero-order chi connectivity index (χ0) is 13.8. The van der Waals surface area contributed by atoms with E-state index in [1.165, 1.54) is 12.1 Å². The standard InChI is InChI=1S/C14H14O5/c1-18-8-9-2-4-10(5-3-9)13(15)11-6-7-12(19-11)14(16)17/h2-7,13,15H,8H2,1H3,(H,16,17). The van der Waals surface area contributed by atoms with Gasteiger partial charge in [0.05, 0.1) is 6.61 Å². The number of carboxylic acids is 1. The van der Waals surface area contributed by atoms with Gasteiger partial charge in [-0.05, 0) is 23.3 Å². The highest BCUT2D eigenvalue weighted by Crippen LogP contribution is 2.24. The van der Waals surface area contributed by atoms with Gasteiger partial charge in [-0.2, -0.15) is 0 Å². The van der Waals surface area contributed by atoms with Gasteiger partial charge < -0.3 is 19.4 Å². The van der Waals surface area contributed by atoms with Crippen LogP contribution in [0.2, 0.25) is 0 Å². The van der Waals surface area contributed by atoms with E-state index in [2.05, 4.69) is 0 Å². The van der Waals surface area contributed by atoms with Crippen molar-refractivity contribution >= 4 is 5.97 Å². The summed E-state index contributed by atoms with van der Waals surface area (Å²) in [6.45, 7) is 0.500. The van der Waals surface area contributed by atoms with E-state index in [0.717, 1.165) is 5.56 Å². The second-order valence-corrected chi connectivity index (χ2v) is 4.08. The summed E-state index contributed by atoms with van der Waals surface area (Å²) in [6, 6.07) is 9.95. The zero-order valence-corrected chi connectivity index (χ0v) is 10.4. The quantitative estimate of drug-likeness (QED) is 0.863. The molecule has 19 heavy (non-hydrogen) atoms. The molecule has 1 unspecified atom stereocenters. The molecule has 0 amide bonds. The third-order valence-electron chi connectivity index (χ3n) is 2.71. The lowest BCUT2D eigenvalue weighted by Crippen LogP contribution is -1.99. The van der Waals surface area contributed by atoms with E-state index >= 15 is 0 Å². The Morgan fingerprint density at radius 3 is 2.47 bits per heavy atom. The van der Waals surface area contributed by atoms with Crippen LogP contribution in [-0.4, -0.2) is 23.3 Å². The molecule has 5 nitrogen and oxygen atoms in total. The molecule has 1 aromatic heterocycles. The summed E-state index contributed by atoms with van der Waals surface area (Å²) in [4.78, 5) is 10.7. The summed E-state index contributed by atoms with van der Waals surface area (Å²) >= 11 is 0. The van der Waals surface area contributed by atoms with Crippen LogP contribution in [0, 0.1) is 0 Å². The van der Waals surface area contributed by atoms with Gasteiger partial charge in [0.25, 0.3) is 0 Å². The molecule has 5 heteroatoms. The Hall–Kier alpha value is -2.11. The third-order valence-corrected chi connectivity index (χ3v) is 2.71. The van der Waals surface area contributed by atoms with Gasteiger partial charge in [-0.15, -0.1) is 0 Å². The van der Waals surface area contributed by atoms with E-state index in [-0.39, 0.29) is 11.5 Å². The van der Waals surface area contributed by atoms with E-state index in [9.17, 15) is 9.90 Å². The van der Waals surface area contributed by atoms with Crippen molar-refractivity contribution in [2.45, 2.75) is 12.7 Å². The molecule has 2 aromatic rings. The van der Waals surface area contributed by atoms with Crippen LogP contribution >= 0.6 is 0 Å². The molecule has 100 valence electrons. The van der Waals surface area contributed by atoms with Crippen LogP contribution < -0.4 is 0 Å². The Kier molecular flexibility index (Phi) is 3.99. The van der Waals surface area contributed by atoms with Gasteiger partial charge in [0.1, 0.15) is 11.9 Å². The molecule has 1 heterocycles. The molecule has 2 N–H and O–H groups in total. The first-order valence-corrected chi connectivity index (χ1v) is 5.70. The molecule has 0 radical (unpaired) electrons. The van der Waals surface area contributed by atoms with E-state index in [0.29, 0.717) is 12.2 Å². The molecular formula is C14H14O5. The highest BCUT2D eigenvalue weighted by molar-refractivity contribution is 5.84. The SMILES string of the molecule is COCc1ccc(C(O)c2ccc(C(=O)O)o2)cc1. The summed E-state index contributed by atoms with van der Waals surface area (Å²) in [5, 5.41) is 18.8. The molecule has 0 saturated carbocycles. The number of carbonyl (C=O) groups is 1. The predicted octanol–water partition coefficient (Wildman–Crippen LogP) is 2.21. The fraction of sp³-hybridized carbons (Fsp3) is 0.214. The monoisotopic (exact) mass is 262 g/mol. The van der Waals surface area contributed by atoms with E-state index in [1.54, 1.807) is 19.2 Å². The number of furan rings is 1. The lowest BCUT2D eigenvalue weighted by atomic mass is 10.1. The maximum absolute atomic E-state index is 10.7. The Morgan fingerprint density at radius 1 is 1.26 bits per heavy atom. The fourth-order valence-electron chi connectivity index (χ4n) is 1.74. The molecule has 0 spiro atoms. The molecule has 0 saturated heterocycles. The maximum Gasteiger partial charge on any atom is 0.371 e. The second-order valence-electron chi connectivity index (χ2n) is 4.08. The molecule has 1 atom stereocenters. The molecule has 0 fully saturated rings. The zero-order valence-electron chi connectivity index (χ0n) is 10.4. The van der Waals surface area contributed by atoms with Gasteiger partial charge in [0.15, 0.2) is 0 Å². The Labute approximate surface area is 110 Å². The van der Waals surface area contributed by atoms with Crippen molar-refractivity contribution in [3.8, 4) is 0 Å². The van der Waals surface area contributed by atoms with Gasteiger partial charge in [-0.3, -0.25) is 0 Å². The molecule has 0 aliphatic heterocycles. The first-order valence-electron chi connectivity index (χ1n) is 5.70. The highest BCUT2D eigenvalue weighted by Gasteiger charge is 2.17. The van der Waals surface area contributed by atoms with E-state index < -0.39 is 12.1 Å². The fourth-order valence-corrected chi connectivity index (χ4v) is 1.74. The van der Waals surface area contributed by atoms with Crippen molar-refractivity contribution in [2.75, 3.05) is 7.11 Å². The van der Waals surface area contributed by atoms with Crippen molar-refractivity contribution < 1.29 is 24.2 Å². The van der Waals surface area contributed by atoms with Crippen LogP contribution in [0.5, 0.6) is 0 Å². The molecule has 0 aliphatic rings. The highest BCUT2D eigenvalue weighted by atomic mass is 16.5. The summed E-state index contributed by atoms with van der Waals surface area (Å²) < 4.78 is 10.1. The summed E-state index contributed by atoms with van der Waals surface area (Å²) in [6.07, 6.45) is -0.982. The van der Waals surface area contributed by atoms with Crippen LogP contribution in [0.1, 0.15) is 33.5 Å². The first-order chi connectivity index (χ1) is 9.11. The Bertz CT molecular complexity index is 555. The van der Waals surface area contributed by atoms with Gasteiger partial charge in [-0.25, -0.2) is 4.79 Å². The molecule has 0 aliphatic carbocycles. The summed E-state index contributed by atoms with van der Waals surface area (Å²) in [5.74, 6) is -1.14. The van der Waals surface area contributed by atoms with Crippen molar-refractivity contribution in [3.63, 3.8) is 0 Å². The number of aromatic carboxylic acids is 1. The normalized spacial score (nSPS) is 12.3. The number of carboxylic acid groups (broad SMARTS) is 1. The number of aliphatic hydroxyl groups is 1. The van der Waals surface area contributed by atoms with Crippen LogP contribution in [0.15, 0.2) is 40.8 Å². The summed E-state index contributed by atoms with van der Waals surface area (Å²) in [5.41, 5.74) is 1.62. The molecule has 1 aromatic carbocycles. The molecule has 0 bridgehead atoms. The van der Waals surface area contributed by atoms with Crippen LogP contribution in [0.4, 0.5) is 0 Å². The number of ether oxygens (including phenoxy) is 1. The van der Waals surface area contributed by atoms with E-state index in [4.69, 9.17) is 14.3 Å². The number of rotatable bonds is 5. The smallest absolute Gasteiger partial charge is 0.371 e. The Morgan fingerprint density at radius 2 is 1.95 bits per heavy atom. The predicted molar refractivity (Wildman–Crippen MR) is 66.9 cm³/mol. The second kappa shape index (κ2) is 5.69. The van der Waals surface area contributed by atoms with Crippen molar-refractivity contribution in [1.82, 2.24) is 0 Å². The van der Waals surface area contributed by atoms with Gasteiger partial charge in [0.2, 0.25) is 5.76 Å². The van der Waals surface area contributed by atoms with Crippen molar-refractivity contribution in [1.29, 1.82) is 0 Å². The minimum Gasteiger partial charge on any atom is -0.475 e. The minimum absolute atomic E-state index is 0.190. The lowest BCUT2D eigenvalue weighted by molar-refractivity contribution is 0.0655. The van der Waals surface area contributed by atoms with Crippen LogP contribution in [0.3, 0.4) is 0 Å². The van der Waals surface area contributed by atoms with Gasteiger partial charge in [0, 0.05) is 7.11 Å². The molecular weight excluding hydrogens is 248 g/mol. The van der Waals surface area contributed by atoms with E-state index in [1.807, 2.05) is 12.1 Å². The number of hydrogen-bond acceptors (Lipinski definition) is 4. The summed E-state index contributed by atoms with van der Waals surface area (Å²) in [7, 11) is 1.61. The lowest BCUT2D eigenvalue weighted by Gasteiger charge is -2.09. The minimum atomic E-state index is -1.16. The van der Waals surface area contributed by atoms with Crippen molar-refractivity contribution in [2.24, 2.45) is 0 Å². The maximum atomic E-state index is 10.7.